The molecule has 1 aromatic carbocycles. The fourth-order valence-electron chi connectivity index (χ4n) is 6.14. The first kappa shape index (κ1) is 33.8. The van der Waals surface area contributed by atoms with Gasteiger partial charge in [-0.15, -0.1) is 0 Å². The zero-order valence-corrected chi connectivity index (χ0v) is 26.1. The summed E-state index contributed by atoms with van der Waals surface area (Å²) >= 11 is 0. The largest absolute Gasteiger partial charge is 0.457 e. The number of esters is 2. The number of carbonyl (C=O) groups is 2. The van der Waals surface area contributed by atoms with Gasteiger partial charge in [0.25, 0.3) is 0 Å². The monoisotopic (exact) mass is 608 g/mol. The molecule has 11 atom stereocenters. The molecule has 0 amide bonds. The van der Waals surface area contributed by atoms with Gasteiger partial charge < -0.3 is 43.0 Å². The third kappa shape index (κ3) is 7.94. The van der Waals surface area contributed by atoms with Gasteiger partial charge in [0.2, 0.25) is 0 Å². The van der Waals surface area contributed by atoms with Crippen LogP contribution >= 0.6 is 0 Å². The molecule has 0 bridgehead atoms. The first-order valence-electron chi connectivity index (χ1n) is 15.5. The number of carbonyl (C=O) groups excluding carboxylic acids is 2. The van der Waals surface area contributed by atoms with Crippen molar-refractivity contribution in [3.05, 3.63) is 35.9 Å². The molecule has 0 saturated carbocycles. The van der Waals surface area contributed by atoms with E-state index in [1.54, 1.807) is 6.92 Å². The van der Waals surface area contributed by atoms with Gasteiger partial charge in [-0.3, -0.25) is 9.59 Å². The molecular formula is C32H48O11. The van der Waals surface area contributed by atoms with Crippen LogP contribution in [0.2, 0.25) is 0 Å². The SMILES string of the molecule is CCCCCCO[C@@H]1OC(CO)C(C)(O[C@@H]2OC3COC(c4ccccc4)O[C@@H]3C(C)C2OC(C)=O)C(C)C1OC(C)=O. The van der Waals surface area contributed by atoms with E-state index in [4.69, 9.17) is 37.9 Å². The van der Waals surface area contributed by atoms with Crippen LogP contribution in [0, 0.1) is 11.8 Å². The van der Waals surface area contributed by atoms with Crippen LogP contribution in [0.5, 0.6) is 0 Å². The minimum absolute atomic E-state index is 0.234. The lowest BCUT2D eigenvalue weighted by atomic mass is 9.78. The molecular weight excluding hydrogens is 560 g/mol. The Morgan fingerprint density at radius 1 is 0.953 bits per heavy atom. The first-order valence-corrected chi connectivity index (χ1v) is 15.5. The predicted molar refractivity (Wildman–Crippen MR) is 153 cm³/mol. The molecule has 242 valence electrons. The third-order valence-electron chi connectivity index (χ3n) is 8.77. The number of aliphatic hydroxyl groups is 1. The van der Waals surface area contributed by atoms with Crippen molar-refractivity contribution < 1.29 is 52.6 Å². The maximum absolute atomic E-state index is 12.3. The highest BCUT2D eigenvalue weighted by Crippen LogP contribution is 2.44. The highest BCUT2D eigenvalue weighted by Gasteiger charge is 2.58. The van der Waals surface area contributed by atoms with Crippen LogP contribution in [0.4, 0.5) is 0 Å². The topological polar surface area (TPSA) is 128 Å². The minimum atomic E-state index is -1.23. The summed E-state index contributed by atoms with van der Waals surface area (Å²) in [5.41, 5.74) is -0.351. The van der Waals surface area contributed by atoms with Gasteiger partial charge >= 0.3 is 11.9 Å². The van der Waals surface area contributed by atoms with Gasteiger partial charge in [0.1, 0.15) is 17.8 Å². The lowest BCUT2D eigenvalue weighted by molar-refractivity contribution is -0.394. The fraction of sp³-hybridized carbons (Fsp3) is 0.750. The second-order valence-electron chi connectivity index (χ2n) is 11.9. The maximum atomic E-state index is 12.3. The Balaban J connectivity index is 1.54. The number of hydrogen-bond acceptors (Lipinski definition) is 11. The van der Waals surface area contributed by atoms with Crippen molar-refractivity contribution in [3.63, 3.8) is 0 Å². The average Bonchev–Trinajstić information content (AvgIpc) is 2.98. The molecule has 3 aliphatic rings. The minimum Gasteiger partial charge on any atom is -0.457 e. The summed E-state index contributed by atoms with van der Waals surface area (Å²) in [6, 6.07) is 9.60. The van der Waals surface area contributed by atoms with Crippen molar-refractivity contribution in [2.24, 2.45) is 11.8 Å². The standard InChI is InChI=1S/C32H48O11/c1-7-8-9-13-16-36-30-28(39-22(5)35)20(3)32(6,25(17-33)41-30)43-31-27(38-21(4)34)19(2)26-24(40-31)18-37-29(42-26)23-14-11-10-12-15-23/h10-12,14-15,19-20,24-31,33H,7-9,13,16-18H2,1-6H3/t19?,20?,24?,25?,26-,27?,28?,29?,30-,31+,32?/m1/s1. The van der Waals surface area contributed by atoms with Gasteiger partial charge in [-0.25, -0.2) is 0 Å². The summed E-state index contributed by atoms with van der Waals surface area (Å²) in [7, 11) is 0. The van der Waals surface area contributed by atoms with E-state index >= 15 is 0 Å². The van der Waals surface area contributed by atoms with Crippen molar-refractivity contribution in [1.29, 1.82) is 0 Å². The van der Waals surface area contributed by atoms with Crippen LogP contribution in [0.3, 0.4) is 0 Å². The molecule has 3 saturated heterocycles. The van der Waals surface area contributed by atoms with Crippen molar-refractivity contribution in [2.75, 3.05) is 19.8 Å². The van der Waals surface area contributed by atoms with Crippen molar-refractivity contribution in [2.45, 2.75) is 122 Å². The molecule has 3 aliphatic heterocycles. The van der Waals surface area contributed by atoms with Gasteiger partial charge in [0.15, 0.2) is 31.1 Å². The predicted octanol–water partition coefficient (Wildman–Crippen LogP) is 4.05. The smallest absolute Gasteiger partial charge is 0.303 e. The van der Waals surface area contributed by atoms with E-state index < -0.39 is 72.8 Å². The molecule has 0 spiro atoms. The molecule has 4 rings (SSSR count). The third-order valence-corrected chi connectivity index (χ3v) is 8.77. The Hall–Kier alpha value is -2.12. The first-order chi connectivity index (χ1) is 20.6. The molecule has 0 aromatic heterocycles. The summed E-state index contributed by atoms with van der Waals surface area (Å²) in [6.07, 6.45) is -1.94. The van der Waals surface area contributed by atoms with Gasteiger partial charge in [0.05, 0.1) is 19.3 Å². The highest BCUT2D eigenvalue weighted by molar-refractivity contribution is 5.66. The van der Waals surface area contributed by atoms with Gasteiger partial charge in [0, 0.05) is 37.9 Å². The van der Waals surface area contributed by atoms with E-state index in [2.05, 4.69) is 6.92 Å². The molecule has 1 N–H and O–H groups in total. The van der Waals surface area contributed by atoms with Gasteiger partial charge in [-0.1, -0.05) is 70.4 Å². The van der Waals surface area contributed by atoms with Crippen LogP contribution in [-0.4, -0.2) is 85.6 Å². The van der Waals surface area contributed by atoms with Crippen molar-refractivity contribution in [1.82, 2.24) is 0 Å². The van der Waals surface area contributed by atoms with Crippen LogP contribution in [0.15, 0.2) is 30.3 Å². The van der Waals surface area contributed by atoms with E-state index in [-0.39, 0.29) is 19.1 Å². The molecule has 11 nitrogen and oxygen atoms in total. The highest BCUT2D eigenvalue weighted by atomic mass is 16.8. The Morgan fingerprint density at radius 2 is 1.65 bits per heavy atom. The lowest BCUT2D eigenvalue weighted by Gasteiger charge is -2.54. The van der Waals surface area contributed by atoms with Gasteiger partial charge in [-0.2, -0.15) is 0 Å². The molecule has 11 heteroatoms. The molecule has 3 fully saturated rings. The molecule has 0 aliphatic carbocycles. The van der Waals surface area contributed by atoms with Crippen LogP contribution < -0.4 is 0 Å². The summed E-state index contributed by atoms with van der Waals surface area (Å²) in [5.74, 6) is -1.82. The number of fused-ring (bicyclic) bond motifs is 1. The Morgan fingerprint density at radius 3 is 2.30 bits per heavy atom. The van der Waals surface area contributed by atoms with E-state index in [0.717, 1.165) is 31.2 Å². The summed E-state index contributed by atoms with van der Waals surface area (Å²) in [5, 5.41) is 10.5. The van der Waals surface area contributed by atoms with E-state index in [1.807, 2.05) is 44.2 Å². The second-order valence-corrected chi connectivity index (χ2v) is 11.9. The molecule has 8 unspecified atom stereocenters. The number of benzene rings is 1. The summed E-state index contributed by atoms with van der Waals surface area (Å²) in [4.78, 5) is 24.4. The molecule has 0 radical (unpaired) electrons. The van der Waals surface area contributed by atoms with Gasteiger partial charge in [-0.05, 0) is 13.3 Å². The Kier molecular flexibility index (Phi) is 12.0. The molecule has 1 aromatic rings. The zero-order chi connectivity index (χ0) is 31.1. The summed E-state index contributed by atoms with van der Waals surface area (Å²) in [6.45, 7) is 10.6. The van der Waals surface area contributed by atoms with Crippen molar-refractivity contribution >= 4 is 11.9 Å². The fourth-order valence-corrected chi connectivity index (χ4v) is 6.14. The van der Waals surface area contributed by atoms with Crippen LogP contribution in [0.25, 0.3) is 0 Å². The summed E-state index contributed by atoms with van der Waals surface area (Å²) < 4.78 is 49.1. The number of unbranched alkanes of at least 4 members (excludes halogenated alkanes) is 3. The average molecular weight is 609 g/mol. The number of hydrogen-bond donors (Lipinski definition) is 1. The van der Waals surface area contributed by atoms with Crippen LogP contribution in [0.1, 0.15) is 79.1 Å². The second kappa shape index (κ2) is 15.2. The Labute approximate surface area is 254 Å². The van der Waals surface area contributed by atoms with E-state index in [0.29, 0.717) is 6.61 Å². The van der Waals surface area contributed by atoms with E-state index in [9.17, 15) is 14.7 Å². The normalized spacial score (nSPS) is 37.7. The quantitative estimate of drug-likeness (QED) is 0.273. The number of aliphatic hydroxyl groups excluding tert-OH is 1. The molecule has 3 heterocycles. The number of ether oxygens (including phenoxy) is 8. The maximum Gasteiger partial charge on any atom is 0.303 e. The lowest BCUT2D eigenvalue weighted by Crippen LogP contribution is -2.67. The zero-order valence-electron chi connectivity index (χ0n) is 26.1. The van der Waals surface area contributed by atoms with Crippen LogP contribution in [-0.2, 0) is 47.5 Å². The van der Waals surface area contributed by atoms with Crippen molar-refractivity contribution in [3.8, 4) is 0 Å². The molecule has 43 heavy (non-hydrogen) atoms. The number of rotatable bonds is 12. The Bertz CT molecular complexity index is 1040. The van der Waals surface area contributed by atoms with E-state index in [1.165, 1.54) is 13.8 Å².